The molecule has 2 aromatic carbocycles. The van der Waals surface area contributed by atoms with Crippen molar-refractivity contribution >= 4 is 57.9 Å². The van der Waals surface area contributed by atoms with Gasteiger partial charge in [-0.15, -0.1) is 21.5 Å². The van der Waals surface area contributed by atoms with E-state index in [4.69, 9.17) is 23.2 Å². The average Bonchev–Trinajstić information content (AvgIpc) is 3.14. The quantitative estimate of drug-likeness (QED) is 0.294. The molecule has 4 aromatic rings. The molecule has 0 saturated carbocycles. The van der Waals surface area contributed by atoms with Crippen LogP contribution in [0.15, 0.2) is 59.6 Å². The largest absolute Gasteiger partial charge is 0.325 e. The number of hydrogen-bond acceptors (Lipinski definition) is 6. The molecule has 0 radical (unpaired) electrons. The fraction of sp³-hybridized carbons (Fsp3) is 0.0909. The Kier molecular flexibility index (Phi) is 7.05. The van der Waals surface area contributed by atoms with Gasteiger partial charge in [0.2, 0.25) is 5.91 Å². The zero-order valence-electron chi connectivity index (χ0n) is 16.6. The van der Waals surface area contributed by atoms with Crippen molar-refractivity contribution < 1.29 is 9.18 Å². The van der Waals surface area contributed by atoms with Crippen LogP contribution < -0.4 is 5.32 Å². The van der Waals surface area contributed by atoms with E-state index >= 15 is 0 Å². The second kappa shape index (κ2) is 9.95. The zero-order valence-corrected chi connectivity index (χ0v) is 19.7. The van der Waals surface area contributed by atoms with Crippen LogP contribution in [0.2, 0.25) is 10.0 Å². The predicted octanol–water partition coefficient (Wildman–Crippen LogP) is 6.75. The summed E-state index contributed by atoms with van der Waals surface area (Å²) in [6.07, 6.45) is 0. The first-order chi connectivity index (χ1) is 15.4. The molecule has 2 heterocycles. The van der Waals surface area contributed by atoms with E-state index in [1.165, 1.54) is 35.2 Å². The molecule has 0 aliphatic heterocycles. The molecule has 1 amide bonds. The number of hydrogen-bond donors (Lipinski definition) is 1. The summed E-state index contributed by atoms with van der Waals surface area (Å²) >= 11 is 14.6. The van der Waals surface area contributed by atoms with E-state index in [0.29, 0.717) is 26.5 Å². The van der Waals surface area contributed by atoms with Crippen molar-refractivity contribution in [1.29, 1.82) is 0 Å². The van der Waals surface area contributed by atoms with Crippen LogP contribution in [0.1, 0.15) is 5.69 Å². The Balaban J connectivity index is 1.40. The first-order valence-electron chi connectivity index (χ1n) is 9.33. The lowest BCUT2D eigenvalue weighted by molar-refractivity contribution is -0.113. The second-order valence-electron chi connectivity index (χ2n) is 6.69. The number of aryl methyl sites for hydroxylation is 1. The standard InChI is InChI=1S/C22H15Cl2FN4OS2/c1-12-21(32-22(26-12)13-2-4-16(25)5-3-13)18-6-7-20(29-28-18)31-11-19(30)27-17-9-14(23)8-15(24)10-17/h2-10H,11H2,1H3,(H,27,30). The summed E-state index contributed by atoms with van der Waals surface area (Å²) in [4.78, 5) is 17.7. The number of carbonyl (C=O) groups excluding carboxylic acids is 1. The van der Waals surface area contributed by atoms with Gasteiger partial charge in [0.05, 0.1) is 16.3 Å². The number of rotatable bonds is 6. The summed E-state index contributed by atoms with van der Waals surface area (Å²) in [5, 5.41) is 13.6. The van der Waals surface area contributed by atoms with Crippen molar-refractivity contribution in [2.75, 3.05) is 11.1 Å². The molecule has 2 aromatic heterocycles. The van der Waals surface area contributed by atoms with Gasteiger partial charge in [-0.2, -0.15) is 0 Å². The Hall–Kier alpha value is -2.52. The third-order valence-corrected chi connectivity index (χ3v) is 6.84. The third-order valence-electron chi connectivity index (χ3n) is 4.26. The van der Waals surface area contributed by atoms with Crippen LogP contribution in [0.5, 0.6) is 0 Å². The van der Waals surface area contributed by atoms with Crippen LogP contribution in [-0.2, 0) is 4.79 Å². The SMILES string of the molecule is Cc1nc(-c2ccc(F)cc2)sc1-c1ccc(SCC(=O)Nc2cc(Cl)cc(Cl)c2)nn1. The van der Waals surface area contributed by atoms with Crippen molar-refractivity contribution in [2.45, 2.75) is 11.9 Å². The Morgan fingerprint density at radius 1 is 1.06 bits per heavy atom. The van der Waals surface area contributed by atoms with Gasteiger partial charge in [-0.1, -0.05) is 35.0 Å². The smallest absolute Gasteiger partial charge is 0.234 e. The molecule has 0 unspecified atom stereocenters. The molecule has 0 bridgehead atoms. The minimum absolute atomic E-state index is 0.159. The molecule has 0 fully saturated rings. The lowest BCUT2D eigenvalue weighted by Crippen LogP contribution is -2.14. The Bertz CT molecular complexity index is 1240. The summed E-state index contributed by atoms with van der Waals surface area (Å²) in [7, 11) is 0. The third kappa shape index (κ3) is 5.63. The monoisotopic (exact) mass is 504 g/mol. The average molecular weight is 505 g/mol. The summed E-state index contributed by atoms with van der Waals surface area (Å²) in [6.45, 7) is 1.90. The van der Waals surface area contributed by atoms with Gasteiger partial charge in [0, 0.05) is 21.3 Å². The molecule has 0 atom stereocenters. The molecule has 162 valence electrons. The van der Waals surface area contributed by atoms with E-state index in [9.17, 15) is 9.18 Å². The Labute approximate surface area is 202 Å². The summed E-state index contributed by atoms with van der Waals surface area (Å²) < 4.78 is 13.2. The number of halogens is 3. The number of thiazole rings is 1. The van der Waals surface area contributed by atoms with Gasteiger partial charge >= 0.3 is 0 Å². The van der Waals surface area contributed by atoms with Gasteiger partial charge in [-0.25, -0.2) is 9.37 Å². The first-order valence-corrected chi connectivity index (χ1v) is 11.9. The number of nitrogens with one attached hydrogen (secondary N) is 1. The molecule has 0 aliphatic rings. The van der Waals surface area contributed by atoms with E-state index in [2.05, 4.69) is 20.5 Å². The number of anilines is 1. The molecule has 0 saturated heterocycles. The lowest BCUT2D eigenvalue weighted by Gasteiger charge is -2.06. The lowest BCUT2D eigenvalue weighted by atomic mass is 10.2. The highest BCUT2D eigenvalue weighted by Crippen LogP contribution is 2.34. The van der Waals surface area contributed by atoms with Crippen molar-refractivity contribution in [3.05, 3.63) is 76.2 Å². The normalized spacial score (nSPS) is 10.9. The van der Waals surface area contributed by atoms with Crippen molar-refractivity contribution in [2.24, 2.45) is 0 Å². The molecule has 5 nitrogen and oxygen atoms in total. The highest BCUT2D eigenvalue weighted by atomic mass is 35.5. The fourth-order valence-electron chi connectivity index (χ4n) is 2.83. The maximum Gasteiger partial charge on any atom is 0.234 e. The minimum atomic E-state index is -0.286. The first kappa shape index (κ1) is 22.7. The predicted molar refractivity (Wildman–Crippen MR) is 129 cm³/mol. The maximum absolute atomic E-state index is 13.2. The van der Waals surface area contributed by atoms with E-state index < -0.39 is 0 Å². The summed E-state index contributed by atoms with van der Waals surface area (Å²) in [5.41, 5.74) is 2.89. The van der Waals surface area contributed by atoms with Gasteiger partial charge in [-0.05, 0) is 61.5 Å². The highest BCUT2D eigenvalue weighted by Gasteiger charge is 2.14. The maximum atomic E-state index is 13.2. The van der Waals surface area contributed by atoms with Crippen LogP contribution >= 0.6 is 46.3 Å². The molecular formula is C22H15Cl2FN4OS2. The minimum Gasteiger partial charge on any atom is -0.325 e. The van der Waals surface area contributed by atoms with E-state index in [-0.39, 0.29) is 17.5 Å². The van der Waals surface area contributed by atoms with Crippen molar-refractivity contribution in [3.8, 4) is 21.1 Å². The highest BCUT2D eigenvalue weighted by molar-refractivity contribution is 7.99. The molecule has 4 rings (SSSR count). The zero-order chi connectivity index (χ0) is 22.7. The van der Waals surface area contributed by atoms with E-state index in [1.54, 1.807) is 30.3 Å². The van der Waals surface area contributed by atoms with Crippen LogP contribution in [-0.4, -0.2) is 26.8 Å². The number of carbonyl (C=O) groups is 1. The fourth-order valence-corrected chi connectivity index (χ4v) is 5.01. The van der Waals surface area contributed by atoms with Gasteiger partial charge < -0.3 is 5.32 Å². The van der Waals surface area contributed by atoms with Crippen LogP contribution in [0.3, 0.4) is 0 Å². The van der Waals surface area contributed by atoms with Crippen LogP contribution in [0, 0.1) is 12.7 Å². The second-order valence-corrected chi connectivity index (χ2v) is 9.56. The number of aromatic nitrogens is 3. The number of nitrogens with zero attached hydrogens (tertiary/aromatic N) is 3. The van der Waals surface area contributed by atoms with Crippen LogP contribution in [0.25, 0.3) is 21.1 Å². The number of benzene rings is 2. The topological polar surface area (TPSA) is 67.8 Å². The van der Waals surface area contributed by atoms with Gasteiger partial charge in [0.25, 0.3) is 0 Å². The van der Waals surface area contributed by atoms with Crippen molar-refractivity contribution in [1.82, 2.24) is 15.2 Å². The van der Waals surface area contributed by atoms with Gasteiger partial charge in [0.1, 0.15) is 21.5 Å². The number of amides is 1. The van der Waals surface area contributed by atoms with Crippen LogP contribution in [0.4, 0.5) is 10.1 Å². The molecule has 0 aliphatic carbocycles. The Morgan fingerprint density at radius 2 is 1.78 bits per heavy atom. The summed E-state index contributed by atoms with van der Waals surface area (Å²) in [5.74, 6) is -0.334. The van der Waals surface area contributed by atoms with Crippen molar-refractivity contribution in [3.63, 3.8) is 0 Å². The molecular weight excluding hydrogens is 490 g/mol. The van der Waals surface area contributed by atoms with Gasteiger partial charge in [0.15, 0.2) is 0 Å². The summed E-state index contributed by atoms with van der Waals surface area (Å²) in [6, 6.07) is 14.7. The van der Waals surface area contributed by atoms with E-state index in [0.717, 1.165) is 21.1 Å². The molecule has 1 N–H and O–H groups in total. The number of thioether (sulfide) groups is 1. The van der Waals surface area contributed by atoms with Gasteiger partial charge in [-0.3, -0.25) is 4.79 Å². The van der Waals surface area contributed by atoms with E-state index in [1.807, 2.05) is 19.1 Å². The Morgan fingerprint density at radius 3 is 2.44 bits per heavy atom. The molecule has 0 spiro atoms. The molecule has 10 heteroatoms. The molecule has 32 heavy (non-hydrogen) atoms.